The van der Waals surface area contributed by atoms with Crippen LogP contribution in [0.5, 0.6) is 0 Å². The van der Waals surface area contributed by atoms with E-state index in [4.69, 9.17) is 0 Å². The quantitative estimate of drug-likeness (QED) is 0.659. The molecule has 1 fully saturated rings. The molecule has 2 aromatic heterocycles. The predicted octanol–water partition coefficient (Wildman–Crippen LogP) is 1.87. The fourth-order valence-corrected chi connectivity index (χ4v) is 3.31. The van der Waals surface area contributed by atoms with E-state index >= 15 is 0 Å². The van der Waals surface area contributed by atoms with Gasteiger partial charge in [0.15, 0.2) is 0 Å². The Morgan fingerprint density at radius 1 is 0.862 bits per heavy atom. The number of anilines is 2. The molecule has 3 heterocycles. The number of carbonyl (C=O) groups excluding carboxylic acids is 1. The van der Waals surface area contributed by atoms with Gasteiger partial charge in [0, 0.05) is 64.6 Å². The second-order valence-electron chi connectivity index (χ2n) is 6.94. The standard InChI is InChI=1S/C21H23N7O/c1-26(16-17-6-3-2-4-7-17)19(29)18-14-24-21(25-15-18)28-12-10-27(11-13-28)20-22-8-5-9-23-20/h2-9,14-15H,10-13,16H2,1H3. The molecule has 0 unspecified atom stereocenters. The van der Waals surface area contributed by atoms with Crippen LogP contribution in [0.1, 0.15) is 15.9 Å². The van der Waals surface area contributed by atoms with Crippen molar-refractivity contribution in [3.8, 4) is 0 Å². The van der Waals surface area contributed by atoms with Gasteiger partial charge in [-0.1, -0.05) is 30.3 Å². The van der Waals surface area contributed by atoms with Crippen molar-refractivity contribution in [2.45, 2.75) is 6.54 Å². The summed E-state index contributed by atoms with van der Waals surface area (Å²) in [6, 6.07) is 11.7. The van der Waals surface area contributed by atoms with E-state index < -0.39 is 0 Å². The van der Waals surface area contributed by atoms with Crippen molar-refractivity contribution in [3.63, 3.8) is 0 Å². The third-order valence-electron chi connectivity index (χ3n) is 4.89. The monoisotopic (exact) mass is 389 g/mol. The minimum Gasteiger partial charge on any atom is -0.337 e. The minimum atomic E-state index is -0.0913. The van der Waals surface area contributed by atoms with E-state index in [-0.39, 0.29) is 5.91 Å². The second kappa shape index (κ2) is 8.64. The molecule has 0 N–H and O–H groups in total. The molecule has 0 aliphatic carbocycles. The van der Waals surface area contributed by atoms with Gasteiger partial charge in [-0.25, -0.2) is 19.9 Å². The van der Waals surface area contributed by atoms with E-state index in [1.165, 1.54) is 0 Å². The van der Waals surface area contributed by atoms with Crippen molar-refractivity contribution in [3.05, 3.63) is 72.3 Å². The predicted molar refractivity (Wildman–Crippen MR) is 111 cm³/mol. The van der Waals surface area contributed by atoms with Crippen molar-refractivity contribution in [2.24, 2.45) is 0 Å². The average Bonchev–Trinajstić information content (AvgIpc) is 2.80. The number of carbonyl (C=O) groups is 1. The molecule has 0 spiro atoms. The summed E-state index contributed by atoms with van der Waals surface area (Å²) >= 11 is 0. The van der Waals surface area contributed by atoms with Gasteiger partial charge >= 0.3 is 0 Å². The first-order chi connectivity index (χ1) is 14.2. The zero-order valence-corrected chi connectivity index (χ0v) is 16.3. The number of rotatable bonds is 5. The molecule has 0 radical (unpaired) electrons. The number of hydrogen-bond donors (Lipinski definition) is 0. The van der Waals surface area contributed by atoms with Gasteiger partial charge in [-0.3, -0.25) is 4.79 Å². The zero-order chi connectivity index (χ0) is 20.1. The van der Waals surface area contributed by atoms with Crippen LogP contribution in [0.2, 0.25) is 0 Å². The van der Waals surface area contributed by atoms with Gasteiger partial charge in [0.2, 0.25) is 11.9 Å². The van der Waals surface area contributed by atoms with Gasteiger partial charge < -0.3 is 14.7 Å². The number of aromatic nitrogens is 4. The lowest BCUT2D eigenvalue weighted by Gasteiger charge is -2.34. The summed E-state index contributed by atoms with van der Waals surface area (Å²) in [5.41, 5.74) is 1.57. The summed E-state index contributed by atoms with van der Waals surface area (Å²) in [6.07, 6.45) is 6.72. The van der Waals surface area contributed by atoms with Crippen LogP contribution in [-0.4, -0.2) is 64.0 Å². The smallest absolute Gasteiger partial charge is 0.257 e. The summed E-state index contributed by atoms with van der Waals surface area (Å²) in [6.45, 7) is 3.70. The Balaban J connectivity index is 1.35. The first kappa shape index (κ1) is 18.8. The summed E-state index contributed by atoms with van der Waals surface area (Å²) in [4.78, 5) is 36.0. The van der Waals surface area contributed by atoms with Crippen LogP contribution < -0.4 is 9.80 Å². The number of nitrogens with zero attached hydrogens (tertiary/aromatic N) is 7. The molecule has 1 aromatic carbocycles. The van der Waals surface area contributed by atoms with Crippen molar-refractivity contribution >= 4 is 17.8 Å². The minimum absolute atomic E-state index is 0.0913. The summed E-state index contributed by atoms with van der Waals surface area (Å²) < 4.78 is 0. The Bertz CT molecular complexity index is 926. The van der Waals surface area contributed by atoms with Gasteiger partial charge in [-0.15, -0.1) is 0 Å². The molecule has 1 aliphatic heterocycles. The van der Waals surface area contributed by atoms with Gasteiger partial charge in [0.25, 0.3) is 5.91 Å². The van der Waals surface area contributed by atoms with Gasteiger partial charge in [-0.2, -0.15) is 0 Å². The van der Waals surface area contributed by atoms with Crippen molar-refractivity contribution in [1.82, 2.24) is 24.8 Å². The third kappa shape index (κ3) is 4.48. The molecule has 1 aliphatic rings. The summed E-state index contributed by atoms with van der Waals surface area (Å²) in [5, 5.41) is 0. The fraction of sp³-hybridized carbons (Fsp3) is 0.286. The Labute approximate surface area is 169 Å². The van der Waals surface area contributed by atoms with E-state index in [9.17, 15) is 4.79 Å². The zero-order valence-electron chi connectivity index (χ0n) is 16.3. The van der Waals surface area contributed by atoms with E-state index in [0.717, 1.165) is 37.7 Å². The number of piperazine rings is 1. The molecule has 148 valence electrons. The molecule has 0 saturated carbocycles. The van der Waals surface area contributed by atoms with E-state index in [1.807, 2.05) is 36.4 Å². The van der Waals surface area contributed by atoms with Crippen LogP contribution >= 0.6 is 0 Å². The van der Waals surface area contributed by atoms with E-state index in [2.05, 4.69) is 29.7 Å². The lowest BCUT2D eigenvalue weighted by molar-refractivity contribution is 0.0784. The Morgan fingerprint density at radius 2 is 1.41 bits per heavy atom. The van der Waals surface area contributed by atoms with Gasteiger partial charge in [-0.05, 0) is 11.6 Å². The maximum absolute atomic E-state index is 12.6. The highest BCUT2D eigenvalue weighted by atomic mass is 16.2. The molecule has 1 amide bonds. The van der Waals surface area contributed by atoms with Crippen molar-refractivity contribution in [1.29, 1.82) is 0 Å². The van der Waals surface area contributed by atoms with Crippen LogP contribution in [-0.2, 0) is 6.54 Å². The molecule has 0 atom stereocenters. The maximum Gasteiger partial charge on any atom is 0.257 e. The molecule has 8 heteroatoms. The molecular formula is C21H23N7O. The lowest BCUT2D eigenvalue weighted by Crippen LogP contribution is -2.47. The molecule has 1 saturated heterocycles. The van der Waals surface area contributed by atoms with Crippen molar-refractivity contribution < 1.29 is 4.79 Å². The molecule has 3 aromatic rings. The molecule has 4 rings (SSSR count). The number of hydrogen-bond acceptors (Lipinski definition) is 7. The molecule has 0 bridgehead atoms. The molecular weight excluding hydrogens is 366 g/mol. The maximum atomic E-state index is 12.6. The largest absolute Gasteiger partial charge is 0.337 e. The second-order valence-corrected chi connectivity index (χ2v) is 6.94. The van der Waals surface area contributed by atoms with Crippen LogP contribution in [0.4, 0.5) is 11.9 Å². The molecule has 29 heavy (non-hydrogen) atoms. The molecule has 8 nitrogen and oxygen atoms in total. The number of amides is 1. The average molecular weight is 389 g/mol. The van der Waals surface area contributed by atoms with Gasteiger partial charge in [0.1, 0.15) is 0 Å². The number of benzene rings is 1. The Hall–Kier alpha value is -3.55. The highest BCUT2D eigenvalue weighted by Gasteiger charge is 2.21. The lowest BCUT2D eigenvalue weighted by atomic mass is 10.2. The van der Waals surface area contributed by atoms with Crippen LogP contribution in [0.3, 0.4) is 0 Å². The van der Waals surface area contributed by atoms with Gasteiger partial charge in [0.05, 0.1) is 5.56 Å². The highest BCUT2D eigenvalue weighted by Crippen LogP contribution is 2.15. The highest BCUT2D eigenvalue weighted by molar-refractivity contribution is 5.93. The van der Waals surface area contributed by atoms with E-state index in [1.54, 1.807) is 36.7 Å². The van der Waals surface area contributed by atoms with Crippen LogP contribution in [0, 0.1) is 0 Å². The first-order valence-electron chi connectivity index (χ1n) is 9.59. The van der Waals surface area contributed by atoms with Crippen LogP contribution in [0.15, 0.2) is 61.2 Å². The SMILES string of the molecule is CN(Cc1ccccc1)C(=O)c1cnc(N2CCN(c3ncccn3)CC2)nc1. The summed E-state index contributed by atoms with van der Waals surface area (Å²) in [5.74, 6) is 1.29. The van der Waals surface area contributed by atoms with E-state index in [0.29, 0.717) is 18.1 Å². The summed E-state index contributed by atoms with van der Waals surface area (Å²) in [7, 11) is 1.79. The first-order valence-corrected chi connectivity index (χ1v) is 9.59. The Morgan fingerprint density at radius 3 is 2.00 bits per heavy atom. The fourth-order valence-electron chi connectivity index (χ4n) is 3.31. The third-order valence-corrected chi connectivity index (χ3v) is 4.89. The topological polar surface area (TPSA) is 78.4 Å². The normalized spacial score (nSPS) is 14.0. The van der Waals surface area contributed by atoms with Crippen LogP contribution in [0.25, 0.3) is 0 Å². The van der Waals surface area contributed by atoms with Crippen molar-refractivity contribution in [2.75, 3.05) is 43.0 Å². The Kier molecular flexibility index (Phi) is 5.60.